The number of hydrogen-bond donors (Lipinski definition) is 3. The molecule has 0 heterocycles. The Hall–Kier alpha value is -2.88. The Kier molecular flexibility index (Phi) is 6.93. The zero-order valence-electron chi connectivity index (χ0n) is 13.9. The van der Waals surface area contributed by atoms with Crippen LogP contribution in [-0.2, 0) is 20.8 Å². The summed E-state index contributed by atoms with van der Waals surface area (Å²) in [6.45, 7) is 4.79. The predicted octanol–water partition coefficient (Wildman–Crippen LogP) is 0.831. The lowest BCUT2D eigenvalue weighted by Gasteiger charge is -2.23. The summed E-state index contributed by atoms with van der Waals surface area (Å²) in [4.78, 5) is 35.0. The van der Waals surface area contributed by atoms with E-state index in [0.29, 0.717) is 11.1 Å². The van der Waals surface area contributed by atoms with Gasteiger partial charge in [-0.3, -0.25) is 9.59 Å². The lowest BCUT2D eigenvalue weighted by atomic mass is 9.99. The maximum absolute atomic E-state index is 12.3. The molecule has 0 aromatic heterocycles. The lowest BCUT2D eigenvalue weighted by molar-refractivity contribution is -0.142. The zero-order valence-corrected chi connectivity index (χ0v) is 13.9. The van der Waals surface area contributed by atoms with E-state index in [2.05, 4.69) is 10.6 Å². The molecule has 0 aliphatic carbocycles. The molecule has 7 nitrogen and oxygen atoms in total. The summed E-state index contributed by atoms with van der Waals surface area (Å²) >= 11 is 0. The molecule has 0 aliphatic rings. The molecule has 128 valence electrons. The largest absolute Gasteiger partial charge is 0.480 e. The van der Waals surface area contributed by atoms with Gasteiger partial charge in [0.1, 0.15) is 12.1 Å². The number of hydrogen-bond acceptors (Lipinski definition) is 4. The van der Waals surface area contributed by atoms with E-state index >= 15 is 0 Å². The van der Waals surface area contributed by atoms with Gasteiger partial charge in [0.05, 0.1) is 11.6 Å². The number of carbonyl (C=O) groups excluding carboxylic acids is 2. The molecule has 24 heavy (non-hydrogen) atoms. The molecule has 0 bridgehead atoms. The standard InChI is InChI=1S/C17H21N3O4/c1-10(2)15(19-11(3)21)16(22)20-14(17(23)24)8-12-6-4-5-7-13(12)9-18/h4-7,10,14-15H,8H2,1-3H3,(H,19,21)(H,20,22)(H,23,24)/t14-,15+/m0/s1. The molecule has 0 saturated carbocycles. The Labute approximate surface area is 140 Å². The van der Waals surface area contributed by atoms with Crippen molar-refractivity contribution >= 4 is 17.8 Å². The van der Waals surface area contributed by atoms with E-state index in [4.69, 9.17) is 5.26 Å². The smallest absolute Gasteiger partial charge is 0.326 e. The summed E-state index contributed by atoms with van der Waals surface area (Å²) in [5.41, 5.74) is 0.897. The number of amides is 2. The highest BCUT2D eigenvalue weighted by molar-refractivity contribution is 5.90. The second kappa shape index (κ2) is 8.67. The van der Waals surface area contributed by atoms with E-state index in [9.17, 15) is 19.5 Å². The normalized spacial score (nSPS) is 12.8. The molecular formula is C17H21N3O4. The number of aliphatic carboxylic acids is 1. The van der Waals surface area contributed by atoms with Gasteiger partial charge in [-0.15, -0.1) is 0 Å². The summed E-state index contributed by atoms with van der Waals surface area (Å²) in [5, 5.41) is 23.4. The van der Waals surface area contributed by atoms with Crippen LogP contribution in [0.3, 0.4) is 0 Å². The Bertz CT molecular complexity index is 664. The van der Waals surface area contributed by atoms with Gasteiger partial charge in [0, 0.05) is 13.3 Å². The first-order valence-corrected chi connectivity index (χ1v) is 7.54. The third-order valence-electron chi connectivity index (χ3n) is 3.48. The van der Waals surface area contributed by atoms with Gasteiger partial charge in [-0.25, -0.2) is 4.79 Å². The maximum atomic E-state index is 12.3. The summed E-state index contributed by atoms with van der Waals surface area (Å²) < 4.78 is 0. The third kappa shape index (κ3) is 5.39. The quantitative estimate of drug-likeness (QED) is 0.684. The number of benzene rings is 1. The number of rotatable bonds is 7. The maximum Gasteiger partial charge on any atom is 0.326 e. The molecule has 3 N–H and O–H groups in total. The number of nitriles is 1. The van der Waals surface area contributed by atoms with Crippen LogP contribution in [0.25, 0.3) is 0 Å². The highest BCUT2D eigenvalue weighted by Crippen LogP contribution is 2.11. The van der Waals surface area contributed by atoms with Crippen LogP contribution < -0.4 is 10.6 Å². The van der Waals surface area contributed by atoms with Crippen molar-refractivity contribution in [2.45, 2.75) is 39.3 Å². The highest BCUT2D eigenvalue weighted by atomic mass is 16.4. The van der Waals surface area contributed by atoms with Crippen LogP contribution in [0.5, 0.6) is 0 Å². The monoisotopic (exact) mass is 331 g/mol. The van der Waals surface area contributed by atoms with Crippen LogP contribution in [0.15, 0.2) is 24.3 Å². The van der Waals surface area contributed by atoms with Crippen LogP contribution in [0.4, 0.5) is 0 Å². The van der Waals surface area contributed by atoms with E-state index in [0.717, 1.165) is 0 Å². The molecule has 2 atom stereocenters. The minimum Gasteiger partial charge on any atom is -0.480 e. The second-order valence-electron chi connectivity index (χ2n) is 5.79. The minimum atomic E-state index is -1.21. The van der Waals surface area contributed by atoms with Crippen molar-refractivity contribution in [2.24, 2.45) is 5.92 Å². The molecule has 0 unspecified atom stereocenters. The molecule has 0 saturated heterocycles. The van der Waals surface area contributed by atoms with Gasteiger partial charge in [-0.05, 0) is 17.5 Å². The summed E-state index contributed by atoms with van der Waals surface area (Å²) in [5.74, 6) is -2.34. The summed E-state index contributed by atoms with van der Waals surface area (Å²) in [6.07, 6.45) is -0.0182. The minimum absolute atomic E-state index is 0.0182. The van der Waals surface area contributed by atoms with Crippen molar-refractivity contribution in [3.05, 3.63) is 35.4 Å². The number of carboxylic acids is 1. The van der Waals surface area contributed by atoms with Gasteiger partial charge in [-0.2, -0.15) is 5.26 Å². The van der Waals surface area contributed by atoms with E-state index < -0.39 is 24.0 Å². The van der Waals surface area contributed by atoms with E-state index in [1.54, 1.807) is 38.1 Å². The fraction of sp³-hybridized carbons (Fsp3) is 0.412. The van der Waals surface area contributed by atoms with Crippen LogP contribution in [0, 0.1) is 17.2 Å². The average Bonchev–Trinajstić information content (AvgIpc) is 2.51. The molecule has 1 rings (SSSR count). The SMILES string of the molecule is CC(=O)N[C@@H](C(=O)N[C@@H](Cc1ccccc1C#N)C(=O)O)C(C)C. The molecule has 2 amide bonds. The topological polar surface area (TPSA) is 119 Å². The predicted molar refractivity (Wildman–Crippen MR) is 86.9 cm³/mol. The van der Waals surface area contributed by atoms with Crippen LogP contribution in [0.1, 0.15) is 31.9 Å². The molecule has 0 radical (unpaired) electrons. The van der Waals surface area contributed by atoms with E-state index in [1.165, 1.54) is 6.92 Å². The zero-order chi connectivity index (χ0) is 18.3. The van der Waals surface area contributed by atoms with Crippen LogP contribution >= 0.6 is 0 Å². The second-order valence-corrected chi connectivity index (χ2v) is 5.79. The molecule has 1 aromatic rings. The van der Waals surface area contributed by atoms with Gasteiger partial charge in [0.25, 0.3) is 0 Å². The Morgan fingerprint density at radius 1 is 1.21 bits per heavy atom. The Balaban J connectivity index is 2.93. The van der Waals surface area contributed by atoms with Crippen LogP contribution in [0.2, 0.25) is 0 Å². The van der Waals surface area contributed by atoms with Gasteiger partial charge in [0.15, 0.2) is 0 Å². The Morgan fingerprint density at radius 2 is 1.83 bits per heavy atom. The molecule has 7 heteroatoms. The molecule has 1 aromatic carbocycles. The fourth-order valence-electron chi connectivity index (χ4n) is 2.24. The van der Waals surface area contributed by atoms with Crippen LogP contribution in [-0.4, -0.2) is 35.0 Å². The van der Waals surface area contributed by atoms with E-state index in [1.807, 2.05) is 6.07 Å². The molecule has 0 aliphatic heterocycles. The first-order valence-electron chi connectivity index (χ1n) is 7.54. The molecule has 0 fully saturated rings. The number of nitrogens with zero attached hydrogens (tertiary/aromatic N) is 1. The number of carbonyl (C=O) groups is 3. The summed E-state index contributed by atoms with van der Waals surface area (Å²) in [6, 6.07) is 6.60. The number of carboxylic acid groups (broad SMARTS) is 1. The highest BCUT2D eigenvalue weighted by Gasteiger charge is 2.28. The van der Waals surface area contributed by atoms with Crippen molar-refractivity contribution in [3.63, 3.8) is 0 Å². The first-order chi connectivity index (χ1) is 11.3. The molecule has 0 spiro atoms. The first kappa shape index (κ1) is 19.2. The van der Waals surface area contributed by atoms with Gasteiger partial charge < -0.3 is 15.7 Å². The fourth-order valence-corrected chi connectivity index (χ4v) is 2.24. The van der Waals surface area contributed by atoms with Gasteiger partial charge in [0.2, 0.25) is 11.8 Å². The van der Waals surface area contributed by atoms with Gasteiger partial charge in [-0.1, -0.05) is 32.0 Å². The molecular weight excluding hydrogens is 310 g/mol. The lowest BCUT2D eigenvalue weighted by Crippen LogP contribution is -2.53. The Morgan fingerprint density at radius 3 is 2.33 bits per heavy atom. The van der Waals surface area contributed by atoms with Crippen molar-refractivity contribution < 1.29 is 19.5 Å². The van der Waals surface area contributed by atoms with Crippen molar-refractivity contribution in [1.29, 1.82) is 5.26 Å². The third-order valence-corrected chi connectivity index (χ3v) is 3.48. The summed E-state index contributed by atoms with van der Waals surface area (Å²) in [7, 11) is 0. The van der Waals surface area contributed by atoms with Gasteiger partial charge >= 0.3 is 5.97 Å². The van der Waals surface area contributed by atoms with Crippen molar-refractivity contribution in [1.82, 2.24) is 10.6 Å². The van der Waals surface area contributed by atoms with E-state index in [-0.39, 0.29) is 18.2 Å². The van der Waals surface area contributed by atoms with Crippen molar-refractivity contribution in [3.8, 4) is 6.07 Å². The average molecular weight is 331 g/mol. The van der Waals surface area contributed by atoms with Crippen molar-refractivity contribution in [2.75, 3.05) is 0 Å². The number of nitrogens with one attached hydrogen (secondary N) is 2.